The van der Waals surface area contributed by atoms with Gasteiger partial charge in [-0.25, -0.2) is 0 Å². The fourth-order valence-electron chi connectivity index (χ4n) is 7.69. The SMILES string of the molecule is CCOc1ccccc1C(=O)[C@@H]1[C@@H]2CCCN2[C@]2(C(=O)Nc3c(Cl)cccc32)[C@]12C(=O)Nc1ccccc12. The number of carbonyl (C=O) groups is 3. The maximum absolute atomic E-state index is 14.8. The van der Waals surface area contributed by atoms with Crippen LogP contribution < -0.4 is 15.4 Å². The summed E-state index contributed by atoms with van der Waals surface area (Å²) in [5.74, 6) is -1.22. The summed E-state index contributed by atoms with van der Waals surface area (Å²) in [6, 6.07) is 19.7. The number of Topliss-reactive ketones (excluding diaryl/α,β-unsaturated/α-hetero) is 1. The van der Waals surface area contributed by atoms with Crippen LogP contribution in [0.4, 0.5) is 11.4 Å². The molecular weight excluding hydrogens is 502 g/mol. The summed E-state index contributed by atoms with van der Waals surface area (Å²) >= 11 is 6.60. The molecule has 4 aliphatic heterocycles. The molecule has 3 aromatic rings. The third-order valence-electron chi connectivity index (χ3n) is 8.82. The molecule has 0 radical (unpaired) electrons. The van der Waals surface area contributed by atoms with Crippen LogP contribution in [0.5, 0.6) is 5.75 Å². The molecule has 4 aliphatic rings. The predicted molar refractivity (Wildman–Crippen MR) is 144 cm³/mol. The number of amides is 2. The van der Waals surface area contributed by atoms with Crippen molar-refractivity contribution in [1.29, 1.82) is 0 Å². The Kier molecular flexibility index (Phi) is 5.03. The van der Waals surface area contributed by atoms with Gasteiger partial charge in [0.25, 0.3) is 5.91 Å². The molecule has 2 fully saturated rings. The van der Waals surface area contributed by atoms with Gasteiger partial charge in [-0.05, 0) is 56.1 Å². The average molecular weight is 528 g/mol. The van der Waals surface area contributed by atoms with E-state index >= 15 is 0 Å². The number of hydrogen-bond donors (Lipinski definition) is 2. The van der Waals surface area contributed by atoms with Crippen LogP contribution in [0, 0.1) is 5.92 Å². The molecule has 2 amide bonds. The first-order valence-electron chi connectivity index (χ1n) is 13.0. The van der Waals surface area contributed by atoms with E-state index in [-0.39, 0.29) is 23.6 Å². The minimum atomic E-state index is -1.51. The van der Waals surface area contributed by atoms with E-state index in [1.807, 2.05) is 43.3 Å². The highest BCUT2D eigenvalue weighted by molar-refractivity contribution is 6.35. The van der Waals surface area contributed by atoms with Crippen molar-refractivity contribution in [2.75, 3.05) is 23.8 Å². The van der Waals surface area contributed by atoms with E-state index in [2.05, 4.69) is 15.5 Å². The molecule has 0 aromatic heterocycles. The number of ether oxygens (including phenoxy) is 1. The van der Waals surface area contributed by atoms with E-state index in [4.69, 9.17) is 16.3 Å². The monoisotopic (exact) mass is 527 g/mol. The molecule has 0 aliphatic carbocycles. The van der Waals surface area contributed by atoms with Crippen molar-refractivity contribution < 1.29 is 19.1 Å². The van der Waals surface area contributed by atoms with Crippen LogP contribution in [0.25, 0.3) is 0 Å². The fraction of sp³-hybridized carbons (Fsp3) is 0.300. The Bertz CT molecular complexity index is 1540. The standard InChI is InChI=1S/C30H26ClN3O4/c1-2-38-23-15-6-3-9-17(23)26(35)24-22-14-8-16-34(22)30(19-11-7-12-20(31)25(19)33-28(30)37)29(24)18-10-4-5-13-21(18)32-27(29)36/h3-7,9-13,15,22,24H,2,8,14,16H2,1H3,(H,32,36)(H,33,37)/t22-,24-,29-,30+/m0/s1. The lowest BCUT2D eigenvalue weighted by Gasteiger charge is -2.43. The van der Waals surface area contributed by atoms with Crippen molar-refractivity contribution in [2.24, 2.45) is 5.92 Å². The smallest absolute Gasteiger partial charge is 0.251 e. The molecule has 8 heteroatoms. The third-order valence-corrected chi connectivity index (χ3v) is 9.13. The highest BCUT2D eigenvalue weighted by Gasteiger charge is 2.81. The first kappa shape index (κ1) is 23.4. The minimum absolute atomic E-state index is 0.196. The summed E-state index contributed by atoms with van der Waals surface area (Å²) in [6.45, 7) is 2.85. The van der Waals surface area contributed by atoms with Crippen LogP contribution in [0.15, 0.2) is 66.7 Å². The van der Waals surface area contributed by atoms with Crippen LogP contribution >= 0.6 is 11.6 Å². The molecule has 0 unspecified atom stereocenters. The fourth-order valence-corrected chi connectivity index (χ4v) is 7.91. The van der Waals surface area contributed by atoms with E-state index in [0.29, 0.717) is 58.4 Å². The Morgan fingerprint density at radius 1 is 1.00 bits per heavy atom. The summed E-state index contributed by atoms with van der Waals surface area (Å²) in [7, 11) is 0. The number of hydrogen-bond acceptors (Lipinski definition) is 5. The predicted octanol–water partition coefficient (Wildman–Crippen LogP) is 4.75. The van der Waals surface area contributed by atoms with Crippen LogP contribution in [-0.2, 0) is 20.5 Å². The Labute approximate surface area is 225 Å². The van der Waals surface area contributed by atoms with Gasteiger partial charge in [-0.2, -0.15) is 0 Å². The molecule has 0 bridgehead atoms. The van der Waals surface area contributed by atoms with Gasteiger partial charge in [-0.1, -0.05) is 54.1 Å². The van der Waals surface area contributed by atoms with Gasteiger partial charge in [0.15, 0.2) is 5.78 Å². The number of ketones is 1. The van der Waals surface area contributed by atoms with Gasteiger partial charge >= 0.3 is 0 Å². The van der Waals surface area contributed by atoms with Gasteiger partial charge in [-0.3, -0.25) is 19.3 Å². The first-order chi connectivity index (χ1) is 18.5. The number of anilines is 2. The van der Waals surface area contributed by atoms with Gasteiger partial charge in [0, 0.05) is 17.3 Å². The number of benzene rings is 3. The van der Waals surface area contributed by atoms with Crippen molar-refractivity contribution in [1.82, 2.24) is 4.90 Å². The molecule has 7 rings (SSSR count). The van der Waals surface area contributed by atoms with Gasteiger partial charge < -0.3 is 15.4 Å². The molecule has 4 heterocycles. The summed E-state index contributed by atoms with van der Waals surface area (Å²) in [6.07, 6.45) is 1.50. The van der Waals surface area contributed by atoms with Gasteiger partial charge in [0.05, 0.1) is 28.8 Å². The molecular formula is C30H26ClN3O4. The number of halogens is 1. The number of fused-ring (bicyclic) bond motifs is 7. The highest BCUT2D eigenvalue weighted by atomic mass is 35.5. The summed E-state index contributed by atoms with van der Waals surface area (Å²) in [4.78, 5) is 45.8. The van der Waals surface area contributed by atoms with Gasteiger partial charge in [-0.15, -0.1) is 0 Å². The topological polar surface area (TPSA) is 87.7 Å². The van der Waals surface area contributed by atoms with Crippen molar-refractivity contribution in [2.45, 2.75) is 36.8 Å². The van der Waals surface area contributed by atoms with E-state index in [9.17, 15) is 14.4 Å². The molecule has 2 saturated heterocycles. The second-order valence-electron chi connectivity index (χ2n) is 10.3. The zero-order valence-electron chi connectivity index (χ0n) is 20.8. The number of nitrogens with one attached hydrogen (secondary N) is 2. The lowest BCUT2D eigenvalue weighted by molar-refractivity contribution is -0.137. The van der Waals surface area contributed by atoms with Crippen molar-refractivity contribution in [3.8, 4) is 5.75 Å². The first-order valence-corrected chi connectivity index (χ1v) is 13.4. The van der Waals surface area contributed by atoms with Crippen molar-refractivity contribution in [3.63, 3.8) is 0 Å². The Balaban J connectivity index is 1.58. The number of para-hydroxylation sites is 3. The average Bonchev–Trinajstić information content (AvgIpc) is 3.64. The molecule has 2 N–H and O–H groups in total. The maximum Gasteiger partial charge on any atom is 0.251 e. The van der Waals surface area contributed by atoms with Crippen LogP contribution in [0.1, 0.15) is 41.3 Å². The second-order valence-corrected chi connectivity index (χ2v) is 10.7. The molecule has 4 atom stereocenters. The van der Waals surface area contributed by atoms with Crippen LogP contribution in [0.3, 0.4) is 0 Å². The molecule has 192 valence electrons. The normalized spacial score (nSPS) is 28.8. The van der Waals surface area contributed by atoms with Gasteiger partial charge in [0.2, 0.25) is 5.91 Å². The second kappa shape index (κ2) is 8.16. The van der Waals surface area contributed by atoms with Crippen LogP contribution in [-0.4, -0.2) is 41.7 Å². The summed E-state index contributed by atoms with van der Waals surface area (Å²) < 4.78 is 5.85. The lowest BCUT2D eigenvalue weighted by Crippen LogP contribution is -2.62. The molecule has 2 spiro atoms. The van der Waals surface area contributed by atoms with E-state index in [0.717, 1.165) is 6.42 Å². The third kappa shape index (κ3) is 2.60. The van der Waals surface area contributed by atoms with E-state index in [1.54, 1.807) is 30.3 Å². The van der Waals surface area contributed by atoms with E-state index in [1.165, 1.54) is 0 Å². The Morgan fingerprint density at radius 3 is 2.61 bits per heavy atom. The summed E-state index contributed by atoms with van der Waals surface area (Å²) in [5.41, 5.74) is -0.0976. The quantitative estimate of drug-likeness (QED) is 0.478. The number of nitrogens with zero attached hydrogens (tertiary/aromatic N) is 1. The van der Waals surface area contributed by atoms with Gasteiger partial charge in [0.1, 0.15) is 16.7 Å². The van der Waals surface area contributed by atoms with Crippen molar-refractivity contribution in [3.05, 3.63) is 88.4 Å². The van der Waals surface area contributed by atoms with Crippen LogP contribution in [0.2, 0.25) is 5.02 Å². The highest BCUT2D eigenvalue weighted by Crippen LogP contribution is 2.68. The van der Waals surface area contributed by atoms with Crippen molar-refractivity contribution >= 4 is 40.6 Å². The largest absolute Gasteiger partial charge is 0.493 e. The zero-order valence-corrected chi connectivity index (χ0v) is 21.5. The van der Waals surface area contributed by atoms with E-state index < -0.39 is 16.9 Å². The lowest BCUT2D eigenvalue weighted by atomic mass is 9.57. The summed E-state index contributed by atoms with van der Waals surface area (Å²) in [5, 5.41) is 6.47. The minimum Gasteiger partial charge on any atom is -0.493 e. The molecule has 0 saturated carbocycles. The maximum atomic E-state index is 14.8. The number of rotatable bonds is 4. The zero-order chi connectivity index (χ0) is 26.2. The molecule has 38 heavy (non-hydrogen) atoms. The molecule has 7 nitrogen and oxygen atoms in total. The Hall–Kier alpha value is -3.68. The molecule has 3 aromatic carbocycles. The Morgan fingerprint density at radius 2 is 1.76 bits per heavy atom. The number of carbonyl (C=O) groups excluding carboxylic acids is 3.